The van der Waals surface area contributed by atoms with Crippen LogP contribution in [0, 0.1) is 11.3 Å². The van der Waals surface area contributed by atoms with Crippen molar-refractivity contribution in [3.8, 4) is 6.07 Å². The second-order valence-corrected chi connectivity index (χ2v) is 4.63. The van der Waals surface area contributed by atoms with Crippen molar-refractivity contribution in [2.45, 2.75) is 6.42 Å². The van der Waals surface area contributed by atoms with Crippen LogP contribution in [0.2, 0.25) is 0 Å². The Kier molecular flexibility index (Phi) is 3.40. The van der Waals surface area contributed by atoms with E-state index in [0.29, 0.717) is 17.7 Å². The average molecular weight is 276 g/mol. The number of furan rings is 1. The quantitative estimate of drug-likeness (QED) is 0.792. The highest BCUT2D eigenvalue weighted by Gasteiger charge is 2.12. The van der Waals surface area contributed by atoms with Crippen LogP contribution in [0.3, 0.4) is 0 Å². The van der Waals surface area contributed by atoms with Crippen molar-refractivity contribution >= 4 is 22.6 Å². The molecule has 0 spiro atoms. The SMILES string of the molecule is N#CCc1ccc(NC(=O)c2cc3ccccc3o2)cc1. The normalized spacial score (nSPS) is 10.2. The number of carbonyl (C=O) groups excluding carboxylic acids is 1. The minimum Gasteiger partial charge on any atom is -0.451 e. The van der Waals surface area contributed by atoms with E-state index in [1.165, 1.54) is 0 Å². The lowest BCUT2D eigenvalue weighted by molar-refractivity contribution is 0.0998. The Labute approximate surface area is 121 Å². The van der Waals surface area contributed by atoms with Crippen LogP contribution in [0.5, 0.6) is 0 Å². The van der Waals surface area contributed by atoms with E-state index in [-0.39, 0.29) is 11.7 Å². The summed E-state index contributed by atoms with van der Waals surface area (Å²) in [6, 6.07) is 18.5. The highest BCUT2D eigenvalue weighted by molar-refractivity contribution is 6.04. The van der Waals surface area contributed by atoms with Crippen LogP contribution < -0.4 is 5.32 Å². The summed E-state index contributed by atoms with van der Waals surface area (Å²) in [6.07, 6.45) is 0.359. The molecule has 0 aliphatic rings. The molecule has 0 bridgehead atoms. The van der Waals surface area contributed by atoms with Crippen molar-refractivity contribution in [1.29, 1.82) is 5.26 Å². The van der Waals surface area contributed by atoms with Gasteiger partial charge in [0.25, 0.3) is 5.91 Å². The fourth-order valence-corrected chi connectivity index (χ4v) is 2.08. The van der Waals surface area contributed by atoms with Crippen LogP contribution in [-0.2, 0) is 6.42 Å². The summed E-state index contributed by atoms with van der Waals surface area (Å²) in [7, 11) is 0. The Morgan fingerprint density at radius 2 is 1.90 bits per heavy atom. The smallest absolute Gasteiger partial charge is 0.291 e. The number of amides is 1. The molecule has 1 amide bonds. The van der Waals surface area contributed by atoms with Crippen LogP contribution in [0.25, 0.3) is 11.0 Å². The topological polar surface area (TPSA) is 66.0 Å². The maximum absolute atomic E-state index is 12.1. The van der Waals surface area contributed by atoms with E-state index in [0.717, 1.165) is 10.9 Å². The van der Waals surface area contributed by atoms with Crippen molar-refractivity contribution < 1.29 is 9.21 Å². The van der Waals surface area contributed by atoms with Gasteiger partial charge < -0.3 is 9.73 Å². The highest BCUT2D eigenvalue weighted by atomic mass is 16.3. The van der Waals surface area contributed by atoms with Crippen LogP contribution in [-0.4, -0.2) is 5.91 Å². The number of nitrogens with zero attached hydrogens (tertiary/aromatic N) is 1. The number of hydrogen-bond acceptors (Lipinski definition) is 3. The third-order valence-electron chi connectivity index (χ3n) is 3.14. The molecule has 0 saturated carbocycles. The molecule has 21 heavy (non-hydrogen) atoms. The van der Waals surface area contributed by atoms with E-state index in [9.17, 15) is 4.79 Å². The van der Waals surface area contributed by atoms with Crippen molar-refractivity contribution in [3.05, 3.63) is 65.9 Å². The summed E-state index contributed by atoms with van der Waals surface area (Å²) in [6.45, 7) is 0. The second kappa shape index (κ2) is 5.51. The monoisotopic (exact) mass is 276 g/mol. The standard InChI is InChI=1S/C17H12N2O2/c18-10-9-12-5-7-14(8-6-12)19-17(20)16-11-13-3-1-2-4-15(13)21-16/h1-8,11H,9H2,(H,19,20). The first kappa shape index (κ1) is 12.9. The molecule has 2 aromatic carbocycles. The molecule has 0 aliphatic heterocycles. The number of benzene rings is 2. The fourth-order valence-electron chi connectivity index (χ4n) is 2.08. The molecular formula is C17H12N2O2. The van der Waals surface area contributed by atoms with Crippen molar-refractivity contribution in [1.82, 2.24) is 0 Å². The molecule has 0 atom stereocenters. The lowest BCUT2D eigenvalue weighted by Gasteiger charge is -2.03. The minimum atomic E-state index is -0.292. The van der Waals surface area contributed by atoms with Gasteiger partial charge in [-0.25, -0.2) is 0 Å². The number of nitrogens with one attached hydrogen (secondary N) is 1. The lowest BCUT2D eigenvalue weighted by Crippen LogP contribution is -2.10. The predicted molar refractivity (Wildman–Crippen MR) is 79.9 cm³/mol. The van der Waals surface area contributed by atoms with Crippen LogP contribution in [0.4, 0.5) is 5.69 Å². The van der Waals surface area contributed by atoms with E-state index < -0.39 is 0 Å². The summed E-state index contributed by atoms with van der Waals surface area (Å²) < 4.78 is 5.51. The Bertz CT molecular complexity index is 793. The van der Waals surface area contributed by atoms with Crippen LogP contribution in [0.15, 0.2) is 59.0 Å². The summed E-state index contributed by atoms with van der Waals surface area (Å²) in [5.74, 6) is -0.0171. The first-order valence-corrected chi connectivity index (χ1v) is 6.52. The molecule has 0 saturated heterocycles. The Morgan fingerprint density at radius 1 is 1.14 bits per heavy atom. The van der Waals surface area contributed by atoms with Gasteiger partial charge in [-0.2, -0.15) is 5.26 Å². The molecule has 3 rings (SSSR count). The number of para-hydroxylation sites is 1. The van der Waals surface area contributed by atoms with Gasteiger partial charge in [0.2, 0.25) is 0 Å². The fraction of sp³-hybridized carbons (Fsp3) is 0.0588. The molecule has 1 heterocycles. The molecule has 0 radical (unpaired) electrons. The molecule has 102 valence electrons. The van der Waals surface area contributed by atoms with Crippen LogP contribution in [0.1, 0.15) is 16.1 Å². The summed E-state index contributed by atoms with van der Waals surface area (Å²) in [5.41, 5.74) is 2.27. The second-order valence-electron chi connectivity index (χ2n) is 4.63. The zero-order valence-corrected chi connectivity index (χ0v) is 11.2. The van der Waals surface area contributed by atoms with E-state index in [1.807, 2.05) is 36.4 Å². The van der Waals surface area contributed by atoms with Gasteiger partial charge in [0.15, 0.2) is 5.76 Å². The maximum Gasteiger partial charge on any atom is 0.291 e. The molecule has 1 aromatic heterocycles. The summed E-state index contributed by atoms with van der Waals surface area (Å²) in [5, 5.41) is 12.3. The first-order chi connectivity index (χ1) is 10.3. The number of anilines is 1. The molecule has 1 N–H and O–H groups in total. The number of carbonyl (C=O) groups is 1. The highest BCUT2D eigenvalue weighted by Crippen LogP contribution is 2.20. The predicted octanol–water partition coefficient (Wildman–Crippen LogP) is 3.75. The van der Waals surface area contributed by atoms with E-state index in [4.69, 9.17) is 9.68 Å². The summed E-state index contributed by atoms with van der Waals surface area (Å²) in [4.78, 5) is 12.1. The van der Waals surface area contributed by atoms with Crippen molar-refractivity contribution in [2.24, 2.45) is 0 Å². The summed E-state index contributed by atoms with van der Waals surface area (Å²) >= 11 is 0. The molecular weight excluding hydrogens is 264 g/mol. The Morgan fingerprint density at radius 3 is 2.62 bits per heavy atom. The average Bonchev–Trinajstić information content (AvgIpc) is 2.94. The van der Waals surface area contributed by atoms with Gasteiger partial charge in [-0.15, -0.1) is 0 Å². The molecule has 0 fully saturated rings. The van der Waals surface area contributed by atoms with E-state index in [2.05, 4.69) is 11.4 Å². The van der Waals surface area contributed by atoms with E-state index >= 15 is 0 Å². The van der Waals surface area contributed by atoms with Crippen LogP contribution >= 0.6 is 0 Å². The van der Waals surface area contributed by atoms with Gasteiger partial charge >= 0.3 is 0 Å². The number of fused-ring (bicyclic) bond motifs is 1. The number of hydrogen-bond donors (Lipinski definition) is 1. The molecule has 0 aliphatic carbocycles. The third kappa shape index (κ3) is 2.77. The van der Waals surface area contributed by atoms with Crippen molar-refractivity contribution in [2.75, 3.05) is 5.32 Å². The largest absolute Gasteiger partial charge is 0.451 e. The molecule has 3 aromatic rings. The molecule has 0 unspecified atom stereocenters. The van der Waals surface area contributed by atoms with Gasteiger partial charge in [-0.3, -0.25) is 4.79 Å². The van der Waals surface area contributed by atoms with Gasteiger partial charge in [-0.05, 0) is 29.8 Å². The molecule has 4 nitrogen and oxygen atoms in total. The van der Waals surface area contributed by atoms with Crippen molar-refractivity contribution in [3.63, 3.8) is 0 Å². The van der Waals surface area contributed by atoms with E-state index in [1.54, 1.807) is 18.2 Å². The molecule has 4 heteroatoms. The zero-order chi connectivity index (χ0) is 14.7. The Hall–Kier alpha value is -3.06. The first-order valence-electron chi connectivity index (χ1n) is 6.52. The minimum absolute atomic E-state index is 0.275. The zero-order valence-electron chi connectivity index (χ0n) is 11.2. The number of rotatable bonds is 3. The Balaban J connectivity index is 1.78. The van der Waals surface area contributed by atoms with Gasteiger partial charge in [0, 0.05) is 11.1 Å². The lowest BCUT2D eigenvalue weighted by atomic mass is 10.1. The van der Waals surface area contributed by atoms with Gasteiger partial charge in [-0.1, -0.05) is 30.3 Å². The van der Waals surface area contributed by atoms with Gasteiger partial charge in [0.05, 0.1) is 12.5 Å². The number of nitriles is 1. The third-order valence-corrected chi connectivity index (χ3v) is 3.14. The maximum atomic E-state index is 12.1. The van der Waals surface area contributed by atoms with Gasteiger partial charge in [0.1, 0.15) is 5.58 Å².